The van der Waals surface area contributed by atoms with Gasteiger partial charge in [-0.3, -0.25) is 4.79 Å². The summed E-state index contributed by atoms with van der Waals surface area (Å²) in [5.74, 6) is 0.898. The summed E-state index contributed by atoms with van der Waals surface area (Å²) in [6.45, 7) is 2.01. The molecule has 1 amide bonds. The van der Waals surface area contributed by atoms with Gasteiger partial charge < -0.3 is 11.1 Å². The molecule has 0 radical (unpaired) electrons. The van der Waals surface area contributed by atoms with Crippen molar-refractivity contribution in [2.75, 3.05) is 5.73 Å². The van der Waals surface area contributed by atoms with Crippen LogP contribution in [0.25, 0.3) is 0 Å². The molecule has 1 heterocycles. The number of aromatic nitrogens is 1. The highest BCUT2D eigenvalue weighted by Gasteiger charge is 2.24. The minimum atomic E-state index is -0.183. The lowest BCUT2D eigenvalue weighted by molar-refractivity contribution is 0.0937. The smallest absolute Gasteiger partial charge is 0.253 e. The Kier molecular flexibility index (Phi) is 3.52. The molecule has 1 aromatic heterocycles. The number of amides is 1. The zero-order valence-corrected chi connectivity index (χ0v) is 10.5. The van der Waals surface area contributed by atoms with Crippen molar-refractivity contribution in [1.82, 2.24) is 10.3 Å². The van der Waals surface area contributed by atoms with Gasteiger partial charge in [0.05, 0.1) is 10.6 Å². The highest BCUT2D eigenvalue weighted by atomic mass is 35.5. The van der Waals surface area contributed by atoms with Crippen molar-refractivity contribution in [2.45, 2.75) is 32.2 Å². The van der Waals surface area contributed by atoms with Crippen molar-refractivity contribution in [3.8, 4) is 0 Å². The van der Waals surface area contributed by atoms with Gasteiger partial charge in [-0.25, -0.2) is 4.98 Å². The first-order valence-corrected chi connectivity index (χ1v) is 6.16. The van der Waals surface area contributed by atoms with Gasteiger partial charge in [0.25, 0.3) is 5.91 Å². The first kappa shape index (κ1) is 12.2. The van der Waals surface area contributed by atoms with Crippen molar-refractivity contribution in [2.24, 2.45) is 5.92 Å². The average molecular weight is 254 g/mol. The maximum absolute atomic E-state index is 12.0. The van der Waals surface area contributed by atoms with E-state index in [4.69, 9.17) is 17.3 Å². The number of carbonyl (C=O) groups is 1. The van der Waals surface area contributed by atoms with Gasteiger partial charge in [0, 0.05) is 12.2 Å². The molecule has 1 atom stereocenters. The topological polar surface area (TPSA) is 68.0 Å². The van der Waals surface area contributed by atoms with Gasteiger partial charge in [0.2, 0.25) is 0 Å². The second kappa shape index (κ2) is 4.92. The summed E-state index contributed by atoms with van der Waals surface area (Å²) in [7, 11) is 0. The Morgan fingerprint density at radius 2 is 2.41 bits per heavy atom. The largest absolute Gasteiger partial charge is 0.384 e. The van der Waals surface area contributed by atoms with E-state index >= 15 is 0 Å². The van der Waals surface area contributed by atoms with Crippen LogP contribution in [0, 0.1) is 5.92 Å². The maximum Gasteiger partial charge on any atom is 0.253 e. The van der Waals surface area contributed by atoms with E-state index in [1.807, 2.05) is 6.92 Å². The maximum atomic E-state index is 12.0. The average Bonchev–Trinajstić information content (AvgIpc) is 3.05. The Labute approximate surface area is 106 Å². The molecule has 1 aromatic rings. The predicted octanol–water partition coefficient (Wildman–Crippen LogP) is 2.24. The van der Waals surface area contributed by atoms with E-state index in [2.05, 4.69) is 10.3 Å². The molecule has 1 aliphatic carbocycles. The number of hydrogen-bond acceptors (Lipinski definition) is 3. The van der Waals surface area contributed by atoms with E-state index in [-0.39, 0.29) is 11.9 Å². The zero-order chi connectivity index (χ0) is 12.4. The predicted molar refractivity (Wildman–Crippen MR) is 67.9 cm³/mol. The van der Waals surface area contributed by atoms with Gasteiger partial charge >= 0.3 is 0 Å². The molecule has 92 valence electrons. The quantitative estimate of drug-likeness (QED) is 0.865. The van der Waals surface area contributed by atoms with E-state index in [0.29, 0.717) is 16.4 Å². The standard InChI is InChI=1S/C12H16ClN3O/c1-7(4-8-2-3-8)16-12(17)9-5-11(14)15-6-10(9)13/h5-8H,2-4H2,1H3,(H2,14,15)(H,16,17). The minimum absolute atomic E-state index is 0.167. The molecule has 1 saturated carbocycles. The molecule has 0 spiro atoms. The number of halogens is 1. The van der Waals surface area contributed by atoms with E-state index in [0.717, 1.165) is 12.3 Å². The molecule has 0 aliphatic heterocycles. The first-order chi connectivity index (χ1) is 8.06. The number of anilines is 1. The van der Waals surface area contributed by atoms with Crippen LogP contribution in [0.3, 0.4) is 0 Å². The van der Waals surface area contributed by atoms with Crippen LogP contribution in [0.15, 0.2) is 12.3 Å². The molecule has 5 heteroatoms. The van der Waals surface area contributed by atoms with Crippen LogP contribution < -0.4 is 11.1 Å². The fourth-order valence-corrected chi connectivity index (χ4v) is 2.03. The van der Waals surface area contributed by atoms with Crippen LogP contribution in [-0.2, 0) is 0 Å². The number of hydrogen-bond donors (Lipinski definition) is 2. The number of pyridine rings is 1. The van der Waals surface area contributed by atoms with E-state index < -0.39 is 0 Å². The molecular formula is C12H16ClN3O. The van der Waals surface area contributed by atoms with Crippen LogP contribution in [0.1, 0.15) is 36.5 Å². The third kappa shape index (κ3) is 3.33. The second-order valence-corrected chi connectivity index (χ2v) is 5.05. The molecular weight excluding hydrogens is 238 g/mol. The monoisotopic (exact) mass is 253 g/mol. The fraction of sp³-hybridized carbons (Fsp3) is 0.500. The number of carbonyl (C=O) groups excluding carboxylic acids is 1. The Bertz CT molecular complexity index is 432. The highest BCUT2D eigenvalue weighted by molar-refractivity contribution is 6.33. The van der Waals surface area contributed by atoms with E-state index in [9.17, 15) is 4.79 Å². The molecule has 17 heavy (non-hydrogen) atoms. The van der Waals surface area contributed by atoms with Crippen LogP contribution in [0.5, 0.6) is 0 Å². The first-order valence-electron chi connectivity index (χ1n) is 5.78. The van der Waals surface area contributed by atoms with Crippen molar-refractivity contribution >= 4 is 23.3 Å². The van der Waals surface area contributed by atoms with Crippen molar-refractivity contribution < 1.29 is 4.79 Å². The zero-order valence-electron chi connectivity index (χ0n) is 9.74. The lowest BCUT2D eigenvalue weighted by atomic mass is 10.1. The SMILES string of the molecule is CC(CC1CC1)NC(=O)c1cc(N)ncc1Cl. The van der Waals surface area contributed by atoms with Crippen molar-refractivity contribution in [3.05, 3.63) is 22.8 Å². The van der Waals surface area contributed by atoms with Gasteiger partial charge in [0.1, 0.15) is 5.82 Å². The molecule has 0 saturated heterocycles. The third-order valence-electron chi connectivity index (χ3n) is 2.88. The summed E-state index contributed by atoms with van der Waals surface area (Å²) >= 11 is 5.91. The Balaban J connectivity index is 2.00. The Hall–Kier alpha value is -1.29. The molecule has 2 rings (SSSR count). The van der Waals surface area contributed by atoms with Crippen LogP contribution in [-0.4, -0.2) is 16.9 Å². The number of nitrogen functional groups attached to an aromatic ring is 1. The molecule has 0 bridgehead atoms. The Morgan fingerprint density at radius 3 is 3.06 bits per heavy atom. The van der Waals surface area contributed by atoms with Gasteiger partial charge in [0.15, 0.2) is 0 Å². The number of nitrogens with one attached hydrogen (secondary N) is 1. The highest BCUT2D eigenvalue weighted by Crippen LogP contribution is 2.33. The van der Waals surface area contributed by atoms with Crippen LogP contribution in [0.4, 0.5) is 5.82 Å². The summed E-state index contributed by atoms with van der Waals surface area (Å²) < 4.78 is 0. The summed E-state index contributed by atoms with van der Waals surface area (Å²) in [4.78, 5) is 15.8. The van der Waals surface area contributed by atoms with Gasteiger partial charge in [-0.1, -0.05) is 24.4 Å². The van der Waals surface area contributed by atoms with Crippen LogP contribution >= 0.6 is 11.6 Å². The van der Waals surface area contributed by atoms with Gasteiger partial charge in [-0.2, -0.15) is 0 Å². The van der Waals surface area contributed by atoms with Crippen molar-refractivity contribution in [3.63, 3.8) is 0 Å². The van der Waals surface area contributed by atoms with Crippen molar-refractivity contribution in [1.29, 1.82) is 0 Å². The summed E-state index contributed by atoms with van der Waals surface area (Å²) in [6, 6.07) is 1.67. The van der Waals surface area contributed by atoms with Gasteiger partial charge in [-0.05, 0) is 25.3 Å². The molecule has 1 aliphatic rings. The summed E-state index contributed by atoms with van der Waals surface area (Å²) in [5.41, 5.74) is 5.93. The summed E-state index contributed by atoms with van der Waals surface area (Å²) in [6.07, 6.45) is 4.99. The fourth-order valence-electron chi connectivity index (χ4n) is 1.84. The normalized spacial score (nSPS) is 16.6. The van der Waals surface area contributed by atoms with Gasteiger partial charge in [-0.15, -0.1) is 0 Å². The van der Waals surface area contributed by atoms with Crippen LogP contribution in [0.2, 0.25) is 5.02 Å². The molecule has 1 unspecified atom stereocenters. The molecule has 3 N–H and O–H groups in total. The van der Waals surface area contributed by atoms with E-state index in [1.54, 1.807) is 0 Å². The number of nitrogens with two attached hydrogens (primary N) is 1. The second-order valence-electron chi connectivity index (χ2n) is 4.64. The molecule has 1 fully saturated rings. The third-order valence-corrected chi connectivity index (χ3v) is 3.18. The molecule has 4 nitrogen and oxygen atoms in total. The lowest BCUT2D eigenvalue weighted by Crippen LogP contribution is -2.33. The summed E-state index contributed by atoms with van der Waals surface area (Å²) in [5, 5.41) is 3.26. The lowest BCUT2D eigenvalue weighted by Gasteiger charge is -2.14. The minimum Gasteiger partial charge on any atom is -0.384 e. The molecule has 0 aromatic carbocycles. The Morgan fingerprint density at radius 1 is 1.71 bits per heavy atom. The van der Waals surface area contributed by atoms with E-state index in [1.165, 1.54) is 25.1 Å². The number of rotatable bonds is 4. The number of nitrogens with zero attached hydrogens (tertiary/aromatic N) is 1.